The zero-order valence-electron chi connectivity index (χ0n) is 34.2. The van der Waals surface area contributed by atoms with Crippen LogP contribution in [0.4, 0.5) is 0 Å². The average molecular weight is 765 g/mol. The molecule has 0 amide bonds. The Balaban J connectivity index is 1.34. The lowest BCUT2D eigenvalue weighted by atomic mass is 9.69. The molecule has 0 radical (unpaired) electrons. The van der Waals surface area contributed by atoms with Gasteiger partial charge in [-0.05, 0) is 96.2 Å². The highest BCUT2D eigenvalue weighted by atomic mass is 16.5. The molecular formula is C48H60O8. The van der Waals surface area contributed by atoms with Gasteiger partial charge in [-0.25, -0.2) is 0 Å². The second-order valence-electron chi connectivity index (χ2n) is 18.2. The van der Waals surface area contributed by atoms with E-state index < -0.39 is 40.7 Å². The number of Topliss-reactive ketones (excluding diaryl/α,β-unsaturated/α-hetero) is 4. The lowest BCUT2D eigenvalue weighted by Gasteiger charge is -2.33. The van der Waals surface area contributed by atoms with Crippen LogP contribution < -0.4 is 9.47 Å². The van der Waals surface area contributed by atoms with Crippen molar-refractivity contribution in [3.8, 4) is 11.5 Å². The first kappa shape index (κ1) is 41.3. The fourth-order valence-corrected chi connectivity index (χ4v) is 9.78. The van der Waals surface area contributed by atoms with Gasteiger partial charge in [0, 0.05) is 55.2 Å². The Morgan fingerprint density at radius 2 is 1.71 bits per heavy atom. The smallest absolute Gasteiger partial charge is 0.310 e. The number of carbonyl (C=O) groups is 5. The molecule has 2 aromatic rings. The fourth-order valence-electron chi connectivity index (χ4n) is 9.78. The molecule has 0 aliphatic heterocycles. The van der Waals surface area contributed by atoms with E-state index in [1.165, 1.54) is 0 Å². The molecule has 2 aromatic carbocycles. The summed E-state index contributed by atoms with van der Waals surface area (Å²) in [6.45, 7) is 13.7. The van der Waals surface area contributed by atoms with Crippen LogP contribution in [0, 0.1) is 47.3 Å². The third kappa shape index (κ3) is 8.64. The summed E-state index contributed by atoms with van der Waals surface area (Å²) in [5.41, 5.74) is 2.23. The zero-order valence-corrected chi connectivity index (χ0v) is 34.2. The third-order valence-electron chi connectivity index (χ3n) is 13.4. The van der Waals surface area contributed by atoms with Crippen LogP contribution >= 0.6 is 0 Å². The summed E-state index contributed by atoms with van der Waals surface area (Å²) in [5, 5.41) is 12.0. The van der Waals surface area contributed by atoms with Crippen LogP contribution in [0.15, 0.2) is 54.6 Å². The summed E-state index contributed by atoms with van der Waals surface area (Å²) in [7, 11) is 1.64. The molecule has 0 aromatic heterocycles. The van der Waals surface area contributed by atoms with Crippen LogP contribution in [0.25, 0.3) is 16.3 Å². The Morgan fingerprint density at radius 1 is 1.00 bits per heavy atom. The second-order valence-corrected chi connectivity index (χ2v) is 18.2. The number of carboxylic acids is 1. The summed E-state index contributed by atoms with van der Waals surface area (Å²) in [5.74, 6) is -1.64. The van der Waals surface area contributed by atoms with Gasteiger partial charge in [0.05, 0.1) is 12.5 Å². The average Bonchev–Trinajstić information content (AvgIpc) is 3.57. The molecule has 3 saturated carbocycles. The first-order valence-corrected chi connectivity index (χ1v) is 20.7. The molecule has 6 rings (SSSR count). The SMILES string of the molecule is C=CC1CC1(CC(=O)C1CC(Oc2cc(C3=CCC(CC(=O)CC)=C3)cc3c(C)c(OC)ccc23)CC1C(=O)C(CC(=O)CC1CCCC1)C(C)(C)C)C(=O)O. The van der Waals surface area contributed by atoms with Gasteiger partial charge in [-0.15, -0.1) is 6.58 Å². The number of rotatable bonds is 18. The highest BCUT2D eigenvalue weighted by molar-refractivity contribution is 5.98. The number of aliphatic carboxylic acids is 1. The largest absolute Gasteiger partial charge is 0.496 e. The number of benzene rings is 2. The number of allylic oxidation sites excluding steroid dienone is 5. The molecule has 6 atom stereocenters. The van der Waals surface area contributed by atoms with Crippen molar-refractivity contribution in [2.24, 2.45) is 40.4 Å². The number of methoxy groups -OCH3 is 1. The number of ketones is 4. The van der Waals surface area contributed by atoms with Crippen LogP contribution in [-0.4, -0.2) is 47.4 Å². The van der Waals surface area contributed by atoms with Crippen LogP contribution in [0.5, 0.6) is 11.5 Å². The molecule has 8 nitrogen and oxygen atoms in total. The van der Waals surface area contributed by atoms with Gasteiger partial charge in [0.25, 0.3) is 0 Å². The normalized spacial score (nSPS) is 25.4. The van der Waals surface area contributed by atoms with Crippen molar-refractivity contribution < 1.29 is 38.6 Å². The highest BCUT2D eigenvalue weighted by Gasteiger charge is 2.61. The first-order valence-electron chi connectivity index (χ1n) is 20.7. The van der Waals surface area contributed by atoms with Crippen LogP contribution in [0.3, 0.4) is 0 Å². The molecule has 6 unspecified atom stereocenters. The van der Waals surface area contributed by atoms with Crippen molar-refractivity contribution in [1.29, 1.82) is 0 Å². The molecule has 56 heavy (non-hydrogen) atoms. The highest BCUT2D eigenvalue weighted by Crippen LogP contribution is 2.57. The fraction of sp³-hybridized carbons (Fsp3) is 0.562. The van der Waals surface area contributed by atoms with Crippen molar-refractivity contribution in [2.45, 2.75) is 124 Å². The van der Waals surface area contributed by atoms with E-state index in [0.29, 0.717) is 43.8 Å². The van der Waals surface area contributed by atoms with Gasteiger partial charge in [-0.3, -0.25) is 24.0 Å². The Morgan fingerprint density at radius 3 is 2.34 bits per heavy atom. The van der Waals surface area contributed by atoms with E-state index in [1.807, 2.05) is 52.8 Å². The van der Waals surface area contributed by atoms with Crippen LogP contribution in [-0.2, 0) is 24.0 Å². The predicted molar refractivity (Wildman–Crippen MR) is 219 cm³/mol. The van der Waals surface area contributed by atoms with E-state index in [4.69, 9.17) is 9.47 Å². The van der Waals surface area contributed by atoms with E-state index in [1.54, 1.807) is 13.2 Å². The zero-order chi connectivity index (χ0) is 40.5. The number of carbonyl (C=O) groups excluding carboxylic acids is 4. The quantitative estimate of drug-likeness (QED) is 0.149. The summed E-state index contributed by atoms with van der Waals surface area (Å²) in [4.78, 5) is 67.5. The summed E-state index contributed by atoms with van der Waals surface area (Å²) in [6.07, 6.45) is 12.7. The third-order valence-corrected chi connectivity index (χ3v) is 13.4. The summed E-state index contributed by atoms with van der Waals surface area (Å²) < 4.78 is 12.6. The number of carboxylic acid groups (broad SMARTS) is 1. The van der Waals surface area contributed by atoms with Crippen molar-refractivity contribution >= 4 is 45.4 Å². The number of hydrogen-bond donors (Lipinski definition) is 1. The molecule has 8 heteroatoms. The van der Waals surface area contributed by atoms with Crippen molar-refractivity contribution in [1.82, 2.24) is 0 Å². The van der Waals surface area contributed by atoms with E-state index in [-0.39, 0.29) is 54.7 Å². The van der Waals surface area contributed by atoms with Gasteiger partial charge in [0.2, 0.25) is 0 Å². The second kappa shape index (κ2) is 16.6. The van der Waals surface area contributed by atoms with E-state index in [2.05, 4.69) is 24.8 Å². The van der Waals surface area contributed by atoms with Crippen molar-refractivity contribution in [2.75, 3.05) is 7.11 Å². The lowest BCUT2D eigenvalue weighted by Crippen LogP contribution is -2.38. The van der Waals surface area contributed by atoms with Crippen LogP contribution in [0.1, 0.15) is 122 Å². The Labute approximate surface area is 332 Å². The summed E-state index contributed by atoms with van der Waals surface area (Å²) in [6, 6.07) is 8.00. The van der Waals surface area contributed by atoms with Crippen molar-refractivity contribution in [3.63, 3.8) is 0 Å². The molecule has 1 N–H and O–H groups in total. The monoisotopic (exact) mass is 764 g/mol. The van der Waals surface area contributed by atoms with Gasteiger partial charge in [0.15, 0.2) is 0 Å². The Bertz CT molecular complexity index is 1970. The van der Waals surface area contributed by atoms with E-state index in [9.17, 15) is 29.1 Å². The molecule has 0 saturated heterocycles. The molecule has 0 spiro atoms. The van der Waals surface area contributed by atoms with E-state index in [0.717, 1.165) is 64.5 Å². The molecular weight excluding hydrogens is 705 g/mol. The van der Waals surface area contributed by atoms with Crippen LogP contribution in [0.2, 0.25) is 0 Å². The first-order chi connectivity index (χ1) is 26.6. The summed E-state index contributed by atoms with van der Waals surface area (Å²) >= 11 is 0. The Hall–Kier alpha value is -4.33. The topological polar surface area (TPSA) is 124 Å². The molecule has 300 valence electrons. The number of fused-ring (bicyclic) bond motifs is 1. The maximum absolute atomic E-state index is 14.9. The number of aryl methyl sites for hydroxylation is 1. The number of ether oxygens (including phenoxy) is 2. The lowest BCUT2D eigenvalue weighted by molar-refractivity contribution is -0.147. The minimum Gasteiger partial charge on any atom is -0.496 e. The van der Waals surface area contributed by atoms with Crippen molar-refractivity contribution in [3.05, 3.63) is 65.8 Å². The van der Waals surface area contributed by atoms with Gasteiger partial charge >= 0.3 is 5.97 Å². The maximum Gasteiger partial charge on any atom is 0.310 e. The number of hydrogen-bond acceptors (Lipinski definition) is 7. The van der Waals surface area contributed by atoms with Gasteiger partial charge in [-0.1, -0.05) is 77.2 Å². The standard InChI is InChI=1S/C48H60O8/c1-8-33-26-48(33,46(53)54)27-42(51)39-24-36(25-40(39)45(52)41(47(4,5)6)23-35(50)19-29-12-10-11-13-29)56-44-22-32(31-15-14-30(18-31)20-34(49)9-2)21-38-28(3)43(55-7)17-16-37(38)44/h8,15-18,21-22,29,33,36,39-41H,1,9-14,19-20,23-27H2,2-7H3,(H,53,54). The van der Waals surface area contributed by atoms with Gasteiger partial charge in [-0.2, -0.15) is 0 Å². The van der Waals surface area contributed by atoms with Gasteiger partial charge < -0.3 is 14.6 Å². The van der Waals surface area contributed by atoms with E-state index >= 15 is 0 Å². The minimum absolute atomic E-state index is 0.0991. The molecule has 4 aliphatic carbocycles. The maximum atomic E-state index is 14.9. The molecule has 3 fully saturated rings. The Kier molecular flexibility index (Phi) is 12.3. The minimum atomic E-state index is -1.20. The molecule has 0 bridgehead atoms. The molecule has 0 heterocycles. The molecule has 4 aliphatic rings. The predicted octanol–water partition coefficient (Wildman–Crippen LogP) is 10.0. The van der Waals surface area contributed by atoms with Gasteiger partial charge in [0.1, 0.15) is 40.7 Å².